The molecule has 1 aromatic rings. The van der Waals surface area contributed by atoms with Gasteiger partial charge in [0.25, 0.3) is 0 Å². The standard InChI is InChI=1S/C17H18O2/c18-16-11-10-13(12-6-2-1-3-7-12)17(19)15-9-5-4-8-14(15)16/h2,4-6,8-9,12-13H,1,3,7,10-11H2. The van der Waals surface area contributed by atoms with Crippen LogP contribution in [-0.2, 0) is 0 Å². The van der Waals surface area contributed by atoms with Crippen LogP contribution in [0.3, 0.4) is 0 Å². The summed E-state index contributed by atoms with van der Waals surface area (Å²) in [6, 6.07) is 7.28. The van der Waals surface area contributed by atoms with Crippen LogP contribution in [0.1, 0.15) is 52.8 Å². The van der Waals surface area contributed by atoms with Gasteiger partial charge in [-0.2, -0.15) is 0 Å². The average Bonchev–Trinajstić information content (AvgIpc) is 2.59. The van der Waals surface area contributed by atoms with Crippen LogP contribution >= 0.6 is 0 Å². The van der Waals surface area contributed by atoms with Gasteiger partial charge in [0.05, 0.1) is 0 Å². The lowest BCUT2D eigenvalue weighted by Crippen LogP contribution is -2.23. The summed E-state index contributed by atoms with van der Waals surface area (Å²) in [5.74, 6) is 0.591. The summed E-state index contributed by atoms with van der Waals surface area (Å²) < 4.78 is 0. The molecule has 0 radical (unpaired) electrons. The molecule has 19 heavy (non-hydrogen) atoms. The monoisotopic (exact) mass is 254 g/mol. The highest BCUT2D eigenvalue weighted by atomic mass is 16.1. The van der Waals surface area contributed by atoms with Crippen LogP contribution in [0, 0.1) is 11.8 Å². The first-order chi connectivity index (χ1) is 9.27. The second-order valence-electron chi connectivity index (χ2n) is 5.50. The molecule has 2 heteroatoms. The minimum atomic E-state index is -0.0100. The molecule has 2 aliphatic carbocycles. The van der Waals surface area contributed by atoms with Gasteiger partial charge in [0.2, 0.25) is 0 Å². The largest absolute Gasteiger partial charge is 0.294 e. The number of ketones is 2. The van der Waals surface area contributed by atoms with Crippen LogP contribution in [0.2, 0.25) is 0 Å². The molecule has 1 aromatic carbocycles. The molecule has 2 atom stereocenters. The third kappa shape index (κ3) is 2.27. The first-order valence-electron chi connectivity index (χ1n) is 7.10. The fraction of sp³-hybridized carbons (Fsp3) is 0.412. The summed E-state index contributed by atoms with van der Waals surface area (Å²) in [6.45, 7) is 0. The minimum Gasteiger partial charge on any atom is -0.294 e. The Balaban J connectivity index is 1.97. The zero-order valence-electron chi connectivity index (χ0n) is 11.0. The van der Waals surface area contributed by atoms with Gasteiger partial charge in [-0.15, -0.1) is 0 Å². The number of benzene rings is 1. The molecule has 0 saturated carbocycles. The Bertz CT molecular complexity index is 542. The van der Waals surface area contributed by atoms with E-state index in [1.165, 1.54) is 0 Å². The van der Waals surface area contributed by atoms with Gasteiger partial charge in [0, 0.05) is 23.5 Å². The van der Waals surface area contributed by atoms with Crippen molar-refractivity contribution in [3.05, 3.63) is 47.5 Å². The van der Waals surface area contributed by atoms with Crippen molar-refractivity contribution in [3.63, 3.8) is 0 Å². The Kier molecular flexibility index (Phi) is 3.33. The van der Waals surface area contributed by atoms with Crippen LogP contribution in [0.5, 0.6) is 0 Å². The van der Waals surface area contributed by atoms with Gasteiger partial charge in [0.15, 0.2) is 11.6 Å². The molecular formula is C17H18O2. The van der Waals surface area contributed by atoms with Crippen LogP contribution in [0.4, 0.5) is 0 Å². The normalized spacial score (nSPS) is 26.9. The number of allylic oxidation sites excluding steroid dienone is 2. The molecule has 0 amide bonds. The Morgan fingerprint density at radius 3 is 2.53 bits per heavy atom. The maximum Gasteiger partial charge on any atom is 0.167 e. The quantitative estimate of drug-likeness (QED) is 0.564. The van der Waals surface area contributed by atoms with Gasteiger partial charge in [-0.3, -0.25) is 9.59 Å². The van der Waals surface area contributed by atoms with E-state index in [9.17, 15) is 9.59 Å². The summed E-state index contributed by atoms with van der Waals surface area (Å²) in [7, 11) is 0. The fourth-order valence-electron chi connectivity index (χ4n) is 3.28. The van der Waals surface area contributed by atoms with Gasteiger partial charge < -0.3 is 0 Å². The summed E-state index contributed by atoms with van der Waals surface area (Å²) >= 11 is 0. The van der Waals surface area contributed by atoms with E-state index in [0.717, 1.165) is 19.3 Å². The molecule has 2 aliphatic rings. The van der Waals surface area contributed by atoms with Crippen molar-refractivity contribution in [2.75, 3.05) is 0 Å². The highest BCUT2D eigenvalue weighted by Gasteiger charge is 2.33. The zero-order chi connectivity index (χ0) is 13.2. The number of hydrogen-bond acceptors (Lipinski definition) is 2. The van der Waals surface area contributed by atoms with E-state index in [0.29, 0.717) is 29.9 Å². The average molecular weight is 254 g/mol. The van der Waals surface area contributed by atoms with Crippen molar-refractivity contribution < 1.29 is 9.59 Å². The number of Topliss-reactive ketones (excluding diaryl/α,β-unsaturated/α-hetero) is 2. The van der Waals surface area contributed by atoms with Crippen molar-refractivity contribution in [1.29, 1.82) is 0 Å². The van der Waals surface area contributed by atoms with E-state index in [1.807, 2.05) is 12.1 Å². The molecule has 3 rings (SSSR count). The van der Waals surface area contributed by atoms with E-state index >= 15 is 0 Å². The van der Waals surface area contributed by atoms with E-state index in [4.69, 9.17) is 0 Å². The summed E-state index contributed by atoms with van der Waals surface area (Å²) in [5.41, 5.74) is 1.25. The maximum atomic E-state index is 12.7. The third-order valence-electron chi connectivity index (χ3n) is 4.32. The Labute approximate surface area is 113 Å². The molecule has 0 spiro atoms. The Morgan fingerprint density at radius 1 is 1.00 bits per heavy atom. The van der Waals surface area contributed by atoms with Crippen molar-refractivity contribution in [3.8, 4) is 0 Å². The molecule has 0 fully saturated rings. The maximum absolute atomic E-state index is 12.7. The van der Waals surface area contributed by atoms with Crippen LogP contribution in [0.15, 0.2) is 36.4 Å². The Morgan fingerprint density at radius 2 is 1.79 bits per heavy atom. The highest BCUT2D eigenvalue weighted by molar-refractivity contribution is 6.11. The summed E-state index contributed by atoms with van der Waals surface area (Å²) in [5, 5.41) is 0. The van der Waals surface area contributed by atoms with Gasteiger partial charge in [-0.1, -0.05) is 36.4 Å². The smallest absolute Gasteiger partial charge is 0.167 e. The van der Waals surface area contributed by atoms with Gasteiger partial charge in [0.1, 0.15) is 0 Å². The predicted molar refractivity (Wildman–Crippen MR) is 74.3 cm³/mol. The van der Waals surface area contributed by atoms with Crippen molar-refractivity contribution in [1.82, 2.24) is 0 Å². The SMILES string of the molecule is O=C1CCC(C2C=CCCC2)C(=O)c2ccccc21. The molecule has 2 nitrogen and oxygen atoms in total. The van der Waals surface area contributed by atoms with Gasteiger partial charge in [-0.25, -0.2) is 0 Å². The number of fused-ring (bicyclic) bond motifs is 1. The topological polar surface area (TPSA) is 34.1 Å². The van der Waals surface area contributed by atoms with Crippen LogP contribution in [0.25, 0.3) is 0 Å². The first kappa shape index (κ1) is 12.3. The second kappa shape index (κ2) is 5.12. The highest BCUT2D eigenvalue weighted by Crippen LogP contribution is 2.34. The lowest BCUT2D eigenvalue weighted by molar-refractivity contribution is 0.0875. The summed E-state index contributed by atoms with van der Waals surface area (Å²) in [4.78, 5) is 24.8. The fourth-order valence-corrected chi connectivity index (χ4v) is 3.28. The van der Waals surface area contributed by atoms with E-state index in [2.05, 4.69) is 12.2 Å². The number of hydrogen-bond donors (Lipinski definition) is 0. The van der Waals surface area contributed by atoms with E-state index < -0.39 is 0 Å². The number of rotatable bonds is 1. The lowest BCUT2D eigenvalue weighted by Gasteiger charge is -2.24. The molecular weight excluding hydrogens is 236 g/mol. The molecule has 0 saturated heterocycles. The molecule has 0 aromatic heterocycles. The zero-order valence-corrected chi connectivity index (χ0v) is 11.0. The predicted octanol–water partition coefficient (Wildman–Crippen LogP) is 3.82. The van der Waals surface area contributed by atoms with Gasteiger partial charge >= 0.3 is 0 Å². The first-order valence-corrected chi connectivity index (χ1v) is 7.10. The van der Waals surface area contributed by atoms with Crippen molar-refractivity contribution in [2.24, 2.45) is 11.8 Å². The number of carbonyl (C=O) groups is 2. The molecule has 98 valence electrons. The lowest BCUT2D eigenvalue weighted by atomic mass is 9.79. The molecule has 0 aliphatic heterocycles. The van der Waals surface area contributed by atoms with Gasteiger partial charge in [-0.05, 0) is 31.6 Å². The number of carbonyl (C=O) groups excluding carboxylic acids is 2. The minimum absolute atomic E-state index is 0.0100. The Hall–Kier alpha value is -1.70. The van der Waals surface area contributed by atoms with Crippen LogP contribution < -0.4 is 0 Å². The van der Waals surface area contributed by atoms with E-state index in [1.54, 1.807) is 12.1 Å². The van der Waals surface area contributed by atoms with Crippen molar-refractivity contribution in [2.45, 2.75) is 32.1 Å². The third-order valence-corrected chi connectivity index (χ3v) is 4.32. The molecule has 0 heterocycles. The summed E-state index contributed by atoms with van der Waals surface area (Å²) in [6.07, 6.45) is 8.90. The van der Waals surface area contributed by atoms with Crippen molar-refractivity contribution >= 4 is 11.6 Å². The molecule has 0 bridgehead atoms. The molecule has 0 N–H and O–H groups in total. The van der Waals surface area contributed by atoms with Crippen LogP contribution in [-0.4, -0.2) is 11.6 Å². The molecule has 2 unspecified atom stereocenters. The second-order valence-corrected chi connectivity index (χ2v) is 5.50. The van der Waals surface area contributed by atoms with E-state index in [-0.39, 0.29) is 17.5 Å².